The number of nitrogen functional groups attached to an aromatic ring is 1. The minimum absolute atomic E-state index is 0.598. The van der Waals surface area contributed by atoms with Crippen LogP contribution in [0.2, 0.25) is 0 Å². The second kappa shape index (κ2) is 6.11. The average molecular weight is 287 g/mol. The Balaban J connectivity index is 1.83. The molecule has 2 N–H and O–H groups in total. The summed E-state index contributed by atoms with van der Waals surface area (Å²) in [5, 5.41) is 12.1. The Labute approximate surface area is 124 Å². The lowest BCUT2D eigenvalue weighted by atomic mass is 10.0. The van der Waals surface area contributed by atoms with Gasteiger partial charge in [0.2, 0.25) is 0 Å². The van der Waals surface area contributed by atoms with Crippen LogP contribution in [0.5, 0.6) is 5.75 Å². The molecule has 3 rings (SSSR count). The van der Waals surface area contributed by atoms with Crippen molar-refractivity contribution in [2.45, 2.75) is 38.6 Å². The summed E-state index contributed by atoms with van der Waals surface area (Å²) in [4.78, 5) is 0. The summed E-state index contributed by atoms with van der Waals surface area (Å²) in [6.45, 7) is 0.838. The van der Waals surface area contributed by atoms with Crippen molar-refractivity contribution < 1.29 is 4.74 Å². The number of para-hydroxylation sites is 1. The Hall–Kier alpha value is -2.11. The predicted molar refractivity (Wildman–Crippen MR) is 80.8 cm³/mol. The molecule has 21 heavy (non-hydrogen) atoms. The topological polar surface area (TPSA) is 78.8 Å². The average Bonchev–Trinajstić information content (AvgIpc) is 3.16. The largest absolute Gasteiger partial charge is 0.494 e. The van der Waals surface area contributed by atoms with E-state index in [2.05, 4.69) is 15.5 Å². The van der Waals surface area contributed by atoms with Crippen LogP contribution in [-0.4, -0.2) is 27.3 Å². The maximum Gasteiger partial charge on any atom is 0.185 e. The van der Waals surface area contributed by atoms with Crippen molar-refractivity contribution in [2.75, 3.05) is 12.8 Å². The molecule has 112 valence electrons. The molecular weight excluding hydrogens is 266 g/mol. The summed E-state index contributed by atoms with van der Waals surface area (Å²) in [6, 6.07) is 5.64. The van der Waals surface area contributed by atoms with Gasteiger partial charge in [-0.3, -0.25) is 0 Å². The quantitative estimate of drug-likeness (QED) is 0.855. The van der Waals surface area contributed by atoms with Crippen LogP contribution in [0.1, 0.15) is 32.1 Å². The molecule has 0 aliphatic heterocycles. The summed E-state index contributed by atoms with van der Waals surface area (Å²) >= 11 is 0. The van der Waals surface area contributed by atoms with Crippen molar-refractivity contribution in [1.82, 2.24) is 20.2 Å². The highest BCUT2D eigenvalue weighted by Gasteiger charge is 2.18. The van der Waals surface area contributed by atoms with Gasteiger partial charge < -0.3 is 10.5 Å². The zero-order valence-corrected chi connectivity index (χ0v) is 12.3. The van der Waals surface area contributed by atoms with E-state index in [1.54, 1.807) is 7.11 Å². The number of hydrogen-bond donors (Lipinski definition) is 1. The lowest BCUT2D eigenvalue weighted by Crippen LogP contribution is -2.08. The lowest BCUT2D eigenvalue weighted by molar-refractivity contribution is 0.416. The first-order valence-electron chi connectivity index (χ1n) is 7.48. The third-order valence-electron chi connectivity index (χ3n) is 4.25. The maximum absolute atomic E-state index is 5.96. The molecule has 1 heterocycles. The predicted octanol–water partition coefficient (Wildman–Crippen LogP) is 2.51. The van der Waals surface area contributed by atoms with Gasteiger partial charge in [0.05, 0.1) is 18.4 Å². The van der Waals surface area contributed by atoms with Crippen LogP contribution in [0.25, 0.3) is 11.4 Å². The number of aryl methyl sites for hydroxylation is 1. The van der Waals surface area contributed by atoms with Gasteiger partial charge >= 0.3 is 0 Å². The number of anilines is 1. The molecule has 1 aromatic carbocycles. The van der Waals surface area contributed by atoms with Gasteiger partial charge in [-0.1, -0.05) is 31.7 Å². The van der Waals surface area contributed by atoms with Gasteiger partial charge in [0.25, 0.3) is 0 Å². The molecule has 0 atom stereocenters. The molecule has 0 amide bonds. The van der Waals surface area contributed by atoms with Gasteiger partial charge in [-0.15, -0.1) is 5.10 Å². The standard InChI is InChI=1S/C15H21N5O/c1-21-14-12(7-4-8-13(14)16)15-17-18-19-20(15)10-9-11-5-2-3-6-11/h4,7-8,11H,2-3,5-6,9-10,16H2,1H3. The molecule has 0 unspecified atom stereocenters. The number of hydrogen-bond acceptors (Lipinski definition) is 5. The summed E-state index contributed by atoms with van der Waals surface area (Å²) in [5.74, 6) is 2.16. The van der Waals surface area contributed by atoms with Crippen LogP contribution in [-0.2, 0) is 6.54 Å². The molecule has 0 radical (unpaired) electrons. The molecule has 6 nitrogen and oxygen atoms in total. The molecule has 1 aliphatic rings. The van der Waals surface area contributed by atoms with Gasteiger partial charge in [0, 0.05) is 6.54 Å². The molecule has 0 saturated heterocycles. The van der Waals surface area contributed by atoms with Gasteiger partial charge in [-0.25, -0.2) is 4.68 Å². The van der Waals surface area contributed by atoms with Crippen LogP contribution in [0.15, 0.2) is 18.2 Å². The van der Waals surface area contributed by atoms with E-state index in [-0.39, 0.29) is 0 Å². The van der Waals surface area contributed by atoms with Crippen molar-refractivity contribution in [3.05, 3.63) is 18.2 Å². The summed E-state index contributed by atoms with van der Waals surface area (Å²) in [5.41, 5.74) is 7.40. The minimum atomic E-state index is 0.598. The molecular formula is C15H21N5O. The summed E-state index contributed by atoms with van der Waals surface area (Å²) in [6.07, 6.45) is 6.51. The van der Waals surface area contributed by atoms with Gasteiger partial charge in [0.15, 0.2) is 11.6 Å². The van der Waals surface area contributed by atoms with E-state index in [1.165, 1.54) is 25.7 Å². The first-order valence-corrected chi connectivity index (χ1v) is 7.48. The Morgan fingerprint density at radius 3 is 2.90 bits per heavy atom. The summed E-state index contributed by atoms with van der Waals surface area (Å²) in [7, 11) is 1.61. The first kappa shape index (κ1) is 13.9. The lowest BCUT2D eigenvalue weighted by Gasteiger charge is -2.12. The van der Waals surface area contributed by atoms with Crippen molar-refractivity contribution in [2.24, 2.45) is 5.92 Å². The normalized spacial score (nSPS) is 15.5. The van der Waals surface area contributed by atoms with E-state index >= 15 is 0 Å². The van der Waals surface area contributed by atoms with E-state index < -0.39 is 0 Å². The highest BCUT2D eigenvalue weighted by atomic mass is 16.5. The number of methoxy groups -OCH3 is 1. The number of nitrogens with zero attached hydrogens (tertiary/aromatic N) is 4. The van der Waals surface area contributed by atoms with Crippen molar-refractivity contribution in [3.63, 3.8) is 0 Å². The fourth-order valence-corrected chi connectivity index (χ4v) is 3.11. The first-order chi connectivity index (χ1) is 10.3. The smallest absolute Gasteiger partial charge is 0.185 e. The SMILES string of the molecule is COc1c(N)cccc1-c1nnnn1CCC1CCCC1. The summed E-state index contributed by atoms with van der Waals surface area (Å²) < 4.78 is 7.26. The van der Waals surface area contributed by atoms with E-state index in [0.717, 1.165) is 30.3 Å². The number of ether oxygens (including phenoxy) is 1. The number of benzene rings is 1. The number of nitrogens with two attached hydrogens (primary N) is 1. The number of rotatable bonds is 5. The Kier molecular flexibility index (Phi) is 4.03. The van der Waals surface area contributed by atoms with Crippen molar-refractivity contribution >= 4 is 5.69 Å². The Morgan fingerprint density at radius 1 is 1.33 bits per heavy atom. The van der Waals surface area contributed by atoms with Crippen molar-refractivity contribution in [3.8, 4) is 17.1 Å². The van der Waals surface area contributed by atoms with Gasteiger partial charge in [0.1, 0.15) is 0 Å². The number of tetrazole rings is 1. The third kappa shape index (κ3) is 2.84. The minimum Gasteiger partial charge on any atom is -0.494 e. The Morgan fingerprint density at radius 2 is 2.14 bits per heavy atom. The fourth-order valence-electron chi connectivity index (χ4n) is 3.11. The van der Waals surface area contributed by atoms with E-state index in [1.807, 2.05) is 22.9 Å². The molecule has 6 heteroatoms. The molecule has 0 spiro atoms. The van der Waals surface area contributed by atoms with E-state index in [9.17, 15) is 0 Å². The fraction of sp³-hybridized carbons (Fsp3) is 0.533. The molecule has 1 fully saturated rings. The second-order valence-corrected chi connectivity index (χ2v) is 5.59. The van der Waals surface area contributed by atoms with Gasteiger partial charge in [-0.05, 0) is 34.9 Å². The molecule has 0 bridgehead atoms. The molecule has 2 aromatic rings. The van der Waals surface area contributed by atoms with Crippen LogP contribution in [0.4, 0.5) is 5.69 Å². The van der Waals surface area contributed by atoms with Crippen LogP contribution in [0, 0.1) is 5.92 Å². The third-order valence-corrected chi connectivity index (χ3v) is 4.25. The van der Waals surface area contributed by atoms with Crippen LogP contribution >= 0.6 is 0 Å². The monoisotopic (exact) mass is 287 g/mol. The molecule has 1 saturated carbocycles. The highest BCUT2D eigenvalue weighted by Crippen LogP contribution is 2.34. The van der Waals surface area contributed by atoms with Gasteiger partial charge in [-0.2, -0.15) is 0 Å². The zero-order chi connectivity index (χ0) is 14.7. The zero-order valence-electron chi connectivity index (χ0n) is 12.3. The number of aromatic nitrogens is 4. The second-order valence-electron chi connectivity index (χ2n) is 5.59. The molecule has 1 aliphatic carbocycles. The van der Waals surface area contributed by atoms with Crippen LogP contribution in [0.3, 0.4) is 0 Å². The highest BCUT2D eigenvalue weighted by molar-refractivity contribution is 5.73. The van der Waals surface area contributed by atoms with E-state index in [0.29, 0.717) is 11.4 Å². The maximum atomic E-state index is 5.96. The Bertz CT molecular complexity index is 604. The van der Waals surface area contributed by atoms with E-state index in [4.69, 9.17) is 10.5 Å². The molecule has 1 aromatic heterocycles. The van der Waals surface area contributed by atoms with Crippen molar-refractivity contribution in [1.29, 1.82) is 0 Å². The van der Waals surface area contributed by atoms with Crippen LogP contribution < -0.4 is 10.5 Å².